The van der Waals surface area contributed by atoms with Gasteiger partial charge in [-0.3, -0.25) is 4.79 Å². The van der Waals surface area contributed by atoms with Crippen LogP contribution in [0.25, 0.3) is 0 Å². The van der Waals surface area contributed by atoms with Crippen LogP contribution in [0.15, 0.2) is 12.2 Å². The molecule has 0 aliphatic heterocycles. The highest BCUT2D eigenvalue weighted by Crippen LogP contribution is 1.86. The van der Waals surface area contributed by atoms with Crippen LogP contribution < -0.4 is 0 Å². The van der Waals surface area contributed by atoms with Crippen LogP contribution in [-0.4, -0.2) is 29.4 Å². The lowest BCUT2D eigenvalue weighted by Gasteiger charge is -1.97. The second-order valence-electron chi connectivity index (χ2n) is 2.17. The van der Waals surface area contributed by atoms with Crippen molar-refractivity contribution in [3.8, 4) is 0 Å². The number of carbonyl (C=O) groups is 3. The highest BCUT2D eigenvalue weighted by Gasteiger charge is 2.11. The molecule has 0 saturated heterocycles. The van der Waals surface area contributed by atoms with E-state index in [0.29, 0.717) is 18.6 Å². The van der Waals surface area contributed by atoms with Crippen molar-refractivity contribution in [2.75, 3.05) is 6.61 Å². The third kappa shape index (κ3) is 5.60. The van der Waals surface area contributed by atoms with Gasteiger partial charge in [-0.05, 0) is 6.42 Å². The lowest BCUT2D eigenvalue weighted by Crippen LogP contribution is -2.15. The second kappa shape index (κ2) is 5.93. The standard InChI is InChI=1S/C8H10O5/c1-2-5-13-8(12)6(9)3-4-7(10)11/h3-4H,2,5H2,1H3,(H,10,11). The summed E-state index contributed by atoms with van der Waals surface area (Å²) in [5.41, 5.74) is 0. The minimum Gasteiger partial charge on any atom is -0.478 e. The third-order valence-corrected chi connectivity index (χ3v) is 1.02. The number of ketones is 1. The predicted octanol–water partition coefficient (Wildman–Crippen LogP) is 0.149. The van der Waals surface area contributed by atoms with E-state index in [4.69, 9.17) is 5.11 Å². The van der Waals surface area contributed by atoms with Gasteiger partial charge in [-0.25, -0.2) is 9.59 Å². The summed E-state index contributed by atoms with van der Waals surface area (Å²) in [4.78, 5) is 31.4. The SMILES string of the molecule is CCCOC(=O)C(=O)C=CC(=O)O. The van der Waals surface area contributed by atoms with Crippen LogP contribution in [-0.2, 0) is 19.1 Å². The Balaban J connectivity index is 3.97. The molecule has 0 fully saturated rings. The largest absolute Gasteiger partial charge is 0.478 e. The van der Waals surface area contributed by atoms with E-state index in [9.17, 15) is 14.4 Å². The summed E-state index contributed by atoms with van der Waals surface area (Å²) in [6, 6.07) is 0. The van der Waals surface area contributed by atoms with E-state index in [0.717, 1.165) is 0 Å². The molecule has 0 aromatic heterocycles. The summed E-state index contributed by atoms with van der Waals surface area (Å²) >= 11 is 0. The van der Waals surface area contributed by atoms with Crippen molar-refractivity contribution in [1.29, 1.82) is 0 Å². The fourth-order valence-corrected chi connectivity index (χ4v) is 0.481. The van der Waals surface area contributed by atoms with Crippen LogP contribution in [0.4, 0.5) is 0 Å². The second-order valence-corrected chi connectivity index (χ2v) is 2.17. The molecule has 0 aliphatic carbocycles. The molecule has 0 saturated carbocycles. The number of esters is 1. The predicted molar refractivity (Wildman–Crippen MR) is 43.0 cm³/mol. The molecule has 72 valence electrons. The van der Waals surface area contributed by atoms with Crippen LogP contribution in [0.2, 0.25) is 0 Å². The maximum atomic E-state index is 10.7. The Kier molecular flexibility index (Phi) is 5.18. The minimum atomic E-state index is -1.28. The average Bonchev–Trinajstić information content (AvgIpc) is 2.10. The van der Waals surface area contributed by atoms with Crippen molar-refractivity contribution in [3.05, 3.63) is 12.2 Å². The Labute approximate surface area is 75.0 Å². The first-order chi connectivity index (χ1) is 6.07. The van der Waals surface area contributed by atoms with Crippen LogP contribution in [0.5, 0.6) is 0 Å². The van der Waals surface area contributed by atoms with Gasteiger partial charge in [0.05, 0.1) is 6.61 Å². The molecule has 5 nitrogen and oxygen atoms in total. The highest BCUT2D eigenvalue weighted by atomic mass is 16.5. The van der Waals surface area contributed by atoms with Gasteiger partial charge in [-0.1, -0.05) is 6.92 Å². The fraction of sp³-hybridized carbons (Fsp3) is 0.375. The van der Waals surface area contributed by atoms with Crippen molar-refractivity contribution in [1.82, 2.24) is 0 Å². The zero-order valence-electron chi connectivity index (χ0n) is 7.15. The maximum Gasteiger partial charge on any atom is 0.379 e. The molecule has 0 aromatic rings. The molecule has 1 N–H and O–H groups in total. The quantitative estimate of drug-likeness (QED) is 0.375. The van der Waals surface area contributed by atoms with E-state index in [1.165, 1.54) is 0 Å². The number of carbonyl (C=O) groups excluding carboxylic acids is 2. The topological polar surface area (TPSA) is 80.7 Å². The van der Waals surface area contributed by atoms with Gasteiger partial charge in [-0.2, -0.15) is 0 Å². The van der Waals surface area contributed by atoms with Gasteiger partial charge in [0.1, 0.15) is 0 Å². The van der Waals surface area contributed by atoms with Gasteiger partial charge in [0.15, 0.2) is 0 Å². The minimum absolute atomic E-state index is 0.158. The van der Waals surface area contributed by atoms with Gasteiger partial charge in [0, 0.05) is 12.2 Å². The van der Waals surface area contributed by atoms with Crippen molar-refractivity contribution in [2.24, 2.45) is 0 Å². The van der Waals surface area contributed by atoms with E-state index in [1.807, 2.05) is 0 Å². The molecule has 0 spiro atoms. The molecule has 5 heteroatoms. The zero-order valence-corrected chi connectivity index (χ0v) is 7.15. The molecule has 0 radical (unpaired) electrons. The van der Waals surface area contributed by atoms with E-state index in [-0.39, 0.29) is 6.61 Å². The third-order valence-electron chi connectivity index (χ3n) is 1.02. The van der Waals surface area contributed by atoms with Crippen LogP contribution in [0.3, 0.4) is 0 Å². The molecule has 0 atom stereocenters. The average molecular weight is 186 g/mol. The number of carboxylic acid groups (broad SMARTS) is 1. The van der Waals surface area contributed by atoms with Crippen LogP contribution in [0, 0.1) is 0 Å². The Bertz CT molecular complexity index is 241. The lowest BCUT2D eigenvalue weighted by atomic mass is 10.3. The molecule has 0 rings (SSSR count). The first-order valence-electron chi connectivity index (χ1n) is 3.70. The first kappa shape index (κ1) is 11.4. The van der Waals surface area contributed by atoms with Crippen molar-refractivity contribution in [2.45, 2.75) is 13.3 Å². The van der Waals surface area contributed by atoms with E-state index in [1.54, 1.807) is 6.92 Å². The molecule has 0 heterocycles. The van der Waals surface area contributed by atoms with Crippen LogP contribution in [0.1, 0.15) is 13.3 Å². The Morgan fingerprint density at radius 1 is 1.31 bits per heavy atom. The van der Waals surface area contributed by atoms with Crippen molar-refractivity contribution >= 4 is 17.7 Å². The summed E-state index contributed by atoms with van der Waals surface area (Å²) in [7, 11) is 0. The van der Waals surface area contributed by atoms with Crippen molar-refractivity contribution in [3.63, 3.8) is 0 Å². The monoisotopic (exact) mass is 186 g/mol. The smallest absolute Gasteiger partial charge is 0.379 e. The number of hydrogen-bond acceptors (Lipinski definition) is 4. The zero-order chi connectivity index (χ0) is 10.3. The van der Waals surface area contributed by atoms with Gasteiger partial charge >= 0.3 is 11.9 Å². The molecule has 0 unspecified atom stereocenters. The molecule has 0 amide bonds. The Morgan fingerprint density at radius 2 is 1.92 bits per heavy atom. The molecule has 0 aliphatic rings. The van der Waals surface area contributed by atoms with Gasteiger partial charge in [-0.15, -0.1) is 0 Å². The molecule has 0 bridgehead atoms. The van der Waals surface area contributed by atoms with Gasteiger partial charge in [0.2, 0.25) is 0 Å². The maximum absolute atomic E-state index is 10.7. The van der Waals surface area contributed by atoms with E-state index >= 15 is 0 Å². The number of aliphatic carboxylic acids is 1. The number of ether oxygens (including phenoxy) is 1. The molecule has 13 heavy (non-hydrogen) atoms. The first-order valence-corrected chi connectivity index (χ1v) is 3.70. The summed E-state index contributed by atoms with van der Waals surface area (Å²) in [5.74, 6) is -3.27. The summed E-state index contributed by atoms with van der Waals surface area (Å²) in [6.45, 7) is 1.94. The summed E-state index contributed by atoms with van der Waals surface area (Å²) < 4.78 is 4.45. The number of hydrogen-bond donors (Lipinski definition) is 1. The normalized spacial score (nSPS) is 9.92. The Hall–Kier alpha value is -1.65. The summed E-state index contributed by atoms with van der Waals surface area (Å²) in [5, 5.41) is 8.13. The van der Waals surface area contributed by atoms with E-state index in [2.05, 4.69) is 4.74 Å². The van der Waals surface area contributed by atoms with Gasteiger partial charge < -0.3 is 9.84 Å². The fourth-order valence-electron chi connectivity index (χ4n) is 0.481. The summed E-state index contributed by atoms with van der Waals surface area (Å²) in [6.07, 6.45) is 1.87. The molecular weight excluding hydrogens is 176 g/mol. The van der Waals surface area contributed by atoms with Gasteiger partial charge in [0.25, 0.3) is 5.78 Å². The lowest BCUT2D eigenvalue weighted by molar-refractivity contribution is -0.151. The molecular formula is C8H10O5. The number of rotatable bonds is 5. The number of carboxylic acids is 1. The van der Waals surface area contributed by atoms with E-state index < -0.39 is 17.7 Å². The molecule has 0 aromatic carbocycles. The van der Waals surface area contributed by atoms with Crippen molar-refractivity contribution < 1.29 is 24.2 Å². The Morgan fingerprint density at radius 3 is 2.38 bits per heavy atom. The highest BCUT2D eigenvalue weighted by molar-refractivity contribution is 6.38. The van der Waals surface area contributed by atoms with Crippen LogP contribution >= 0.6 is 0 Å².